The van der Waals surface area contributed by atoms with Gasteiger partial charge in [-0.15, -0.1) is 0 Å². The normalized spacial score (nSPS) is 13.7. The zero-order chi connectivity index (χ0) is 38.3. The minimum Gasteiger partial charge on any atom is -0.480 e. The van der Waals surface area contributed by atoms with Crippen LogP contribution in [-0.4, -0.2) is 62.5 Å². The number of anilines is 3. The van der Waals surface area contributed by atoms with Gasteiger partial charge in [0.25, 0.3) is 11.8 Å². The molecule has 0 unspecified atom stereocenters. The Bertz CT molecular complexity index is 1980. The predicted octanol–water partition coefficient (Wildman–Crippen LogP) is 5.44. The van der Waals surface area contributed by atoms with Crippen LogP contribution in [0.25, 0.3) is 0 Å². The van der Waals surface area contributed by atoms with Gasteiger partial charge in [0.05, 0.1) is 5.54 Å². The number of rotatable bonds is 16. The molecule has 3 aromatic carbocycles. The number of alkyl halides is 3. The summed E-state index contributed by atoms with van der Waals surface area (Å²) in [4.78, 5) is 61.3. The van der Waals surface area contributed by atoms with E-state index in [1.165, 1.54) is 24.3 Å². The van der Waals surface area contributed by atoms with Gasteiger partial charge in [-0.25, -0.2) is 13.6 Å². The minimum absolute atomic E-state index is 0.0105. The van der Waals surface area contributed by atoms with E-state index >= 15 is 0 Å². The summed E-state index contributed by atoms with van der Waals surface area (Å²) >= 11 is 6.00. The van der Waals surface area contributed by atoms with E-state index in [0.717, 1.165) is 23.8 Å². The highest BCUT2D eigenvalue weighted by molar-refractivity contribution is 6.36. The number of ketones is 1. The Morgan fingerprint density at radius 1 is 0.906 bits per heavy atom. The number of carboxylic acids is 1. The maximum Gasteiger partial charge on any atom is 0.422 e. The first kappa shape index (κ1) is 38.3. The zero-order valence-electron chi connectivity index (χ0n) is 27.3. The third-order valence-corrected chi connectivity index (χ3v) is 8.14. The highest BCUT2D eigenvalue weighted by atomic mass is 35.5. The predicted molar refractivity (Wildman–Crippen MR) is 178 cm³/mol. The molecule has 1 saturated carbocycles. The smallest absolute Gasteiger partial charge is 0.422 e. The number of amides is 2. The van der Waals surface area contributed by atoms with E-state index < -0.39 is 90.5 Å². The van der Waals surface area contributed by atoms with Crippen molar-refractivity contribution in [2.45, 2.75) is 50.0 Å². The van der Waals surface area contributed by atoms with Crippen LogP contribution in [0, 0.1) is 11.6 Å². The van der Waals surface area contributed by atoms with Crippen molar-refractivity contribution in [3.05, 3.63) is 100 Å². The van der Waals surface area contributed by atoms with Crippen LogP contribution in [-0.2, 0) is 26.5 Å². The van der Waals surface area contributed by atoms with Crippen molar-refractivity contribution in [3.63, 3.8) is 0 Å². The number of carbonyl (C=O) groups excluding carboxylic acids is 3. The first-order chi connectivity index (χ1) is 25.1. The average molecular weight is 762 g/mol. The fourth-order valence-corrected chi connectivity index (χ4v) is 5.09. The number of aromatic nitrogens is 3. The van der Waals surface area contributed by atoms with Gasteiger partial charge >= 0.3 is 18.2 Å². The number of nitrogens with zero attached hydrogens (tertiary/aromatic N) is 3. The quantitative estimate of drug-likeness (QED) is 0.0724. The number of Topliss-reactive ketones (excluding diaryl/α,β-unsaturated/α-hetero) is 1. The van der Waals surface area contributed by atoms with Crippen LogP contribution in [0.15, 0.2) is 66.7 Å². The molecule has 1 fully saturated rings. The van der Waals surface area contributed by atoms with E-state index in [-0.39, 0.29) is 23.1 Å². The lowest BCUT2D eigenvalue weighted by molar-refractivity contribution is -0.154. The molecule has 1 aliphatic rings. The first-order valence-corrected chi connectivity index (χ1v) is 16.1. The largest absolute Gasteiger partial charge is 0.480 e. The number of halogens is 6. The van der Waals surface area contributed by atoms with Crippen LogP contribution in [0.1, 0.15) is 47.2 Å². The lowest BCUT2D eigenvalue weighted by Crippen LogP contribution is -2.41. The molecule has 0 radical (unpaired) electrons. The van der Waals surface area contributed by atoms with Crippen LogP contribution in [0.5, 0.6) is 6.01 Å². The van der Waals surface area contributed by atoms with Gasteiger partial charge in [-0.3, -0.25) is 14.4 Å². The van der Waals surface area contributed by atoms with Crippen molar-refractivity contribution < 1.29 is 51.0 Å². The SMILES string of the molecule is O=C(CC[C@H](NC(=O)c1ccc(Nc2nc(NC3(c4ccc(Cl)cc4)CC3)nc(OCC(F)(F)F)n2)cc1)C(=O)O)C(=O)NCc1c(F)cccc1F. The number of hydrogen-bond donors (Lipinski definition) is 5. The second-order valence-corrected chi connectivity index (χ2v) is 12.2. The molecule has 19 heteroatoms. The van der Waals surface area contributed by atoms with Gasteiger partial charge in [0, 0.05) is 34.8 Å². The first-order valence-electron chi connectivity index (χ1n) is 15.8. The number of benzene rings is 3. The molecular weight excluding hydrogens is 733 g/mol. The standard InChI is InChI=1S/C34H29ClF5N7O6/c35-20-8-6-19(7-9-20)33(14-15-33)47-31-44-30(45-32(46-31)53-17-34(38,39)40)42-21-10-4-18(5-11-21)27(49)43-25(29(51)52)12-13-26(48)28(50)41-16-22-23(36)2-1-3-24(22)37/h1-11,25H,12-17H2,(H,41,50)(H,43,49)(H,51,52)(H2,42,44,45,46,47)/t25-/m0/s1. The summed E-state index contributed by atoms with van der Waals surface area (Å²) in [5.74, 6) is -6.72. The number of nitrogens with one attached hydrogen (secondary N) is 4. The van der Waals surface area contributed by atoms with Gasteiger partial charge in [0.2, 0.25) is 17.7 Å². The molecule has 0 spiro atoms. The number of carbonyl (C=O) groups is 4. The monoisotopic (exact) mass is 761 g/mol. The van der Waals surface area contributed by atoms with E-state index in [4.69, 9.17) is 16.3 Å². The highest BCUT2D eigenvalue weighted by Gasteiger charge is 2.45. The van der Waals surface area contributed by atoms with Crippen LogP contribution in [0.3, 0.4) is 0 Å². The number of carboxylic acid groups (broad SMARTS) is 1. The van der Waals surface area contributed by atoms with Crippen molar-refractivity contribution in [1.29, 1.82) is 0 Å². The third-order valence-electron chi connectivity index (χ3n) is 7.89. The molecule has 2 amide bonds. The second kappa shape index (κ2) is 16.2. The van der Waals surface area contributed by atoms with E-state index in [0.29, 0.717) is 17.9 Å². The summed E-state index contributed by atoms with van der Waals surface area (Å²) in [6.07, 6.45) is -4.39. The Morgan fingerprint density at radius 3 is 2.15 bits per heavy atom. The van der Waals surface area contributed by atoms with Crippen LogP contribution >= 0.6 is 11.6 Å². The van der Waals surface area contributed by atoms with E-state index in [1.807, 2.05) is 0 Å². The van der Waals surface area contributed by atoms with E-state index in [2.05, 4.69) is 36.2 Å². The number of hydrogen-bond acceptors (Lipinski definition) is 10. The van der Waals surface area contributed by atoms with Crippen molar-refractivity contribution >= 4 is 52.8 Å². The molecular formula is C34H29ClF5N7O6. The summed E-state index contributed by atoms with van der Waals surface area (Å²) < 4.78 is 71.1. The van der Waals surface area contributed by atoms with E-state index in [9.17, 15) is 46.2 Å². The van der Waals surface area contributed by atoms with Crippen molar-refractivity contribution in [1.82, 2.24) is 25.6 Å². The van der Waals surface area contributed by atoms with Crippen LogP contribution < -0.4 is 26.0 Å². The average Bonchev–Trinajstić information content (AvgIpc) is 3.88. The summed E-state index contributed by atoms with van der Waals surface area (Å²) in [5.41, 5.74) is 0.0818. The maximum absolute atomic E-state index is 13.8. The van der Waals surface area contributed by atoms with Gasteiger partial charge in [0.1, 0.15) is 17.7 Å². The topological polar surface area (TPSA) is 185 Å². The zero-order valence-corrected chi connectivity index (χ0v) is 28.0. The Labute approximate surface area is 302 Å². The highest BCUT2D eigenvalue weighted by Crippen LogP contribution is 2.48. The summed E-state index contributed by atoms with van der Waals surface area (Å²) in [6, 6.07) is 13.3. The molecule has 0 bridgehead atoms. The van der Waals surface area contributed by atoms with Crippen LogP contribution in [0.2, 0.25) is 5.02 Å². The molecule has 1 aromatic heterocycles. The second-order valence-electron chi connectivity index (χ2n) is 11.8. The van der Waals surface area contributed by atoms with Gasteiger partial charge < -0.3 is 31.1 Å². The fraction of sp³-hybridized carbons (Fsp3) is 0.265. The van der Waals surface area contributed by atoms with Gasteiger partial charge in [-0.05, 0) is 73.4 Å². The van der Waals surface area contributed by atoms with Gasteiger partial charge in [-0.1, -0.05) is 29.8 Å². The summed E-state index contributed by atoms with van der Waals surface area (Å²) in [6.45, 7) is -2.27. The molecule has 1 atom stereocenters. The fourth-order valence-electron chi connectivity index (χ4n) is 4.96. The number of aliphatic carboxylic acids is 1. The molecule has 1 heterocycles. The van der Waals surface area contributed by atoms with Crippen molar-refractivity contribution in [2.24, 2.45) is 0 Å². The molecule has 4 aromatic rings. The Hall–Kier alpha value is -5.91. The lowest BCUT2D eigenvalue weighted by Gasteiger charge is -2.19. The third kappa shape index (κ3) is 10.6. The van der Waals surface area contributed by atoms with Crippen molar-refractivity contribution in [2.75, 3.05) is 17.2 Å². The molecule has 53 heavy (non-hydrogen) atoms. The summed E-state index contributed by atoms with van der Waals surface area (Å²) in [7, 11) is 0. The Kier molecular flexibility index (Phi) is 11.7. The molecule has 0 saturated heterocycles. The van der Waals surface area contributed by atoms with Crippen molar-refractivity contribution in [3.8, 4) is 6.01 Å². The van der Waals surface area contributed by atoms with Gasteiger partial charge in [-0.2, -0.15) is 28.1 Å². The van der Waals surface area contributed by atoms with E-state index in [1.54, 1.807) is 24.3 Å². The number of ether oxygens (including phenoxy) is 1. The Balaban J connectivity index is 1.20. The summed E-state index contributed by atoms with van der Waals surface area (Å²) in [5, 5.41) is 20.4. The molecule has 13 nitrogen and oxygen atoms in total. The van der Waals surface area contributed by atoms with Gasteiger partial charge in [0.15, 0.2) is 6.61 Å². The maximum atomic E-state index is 13.8. The molecule has 278 valence electrons. The molecule has 0 aliphatic heterocycles. The molecule has 1 aliphatic carbocycles. The Morgan fingerprint density at radius 2 is 1.55 bits per heavy atom. The molecule has 5 N–H and O–H groups in total. The molecule has 5 rings (SSSR count). The lowest BCUT2D eigenvalue weighted by atomic mass is 10.1. The van der Waals surface area contributed by atoms with Crippen LogP contribution in [0.4, 0.5) is 39.5 Å². The minimum atomic E-state index is -4.67.